The number of benzene rings is 1. The quantitative estimate of drug-likeness (QED) is 0.855. The van der Waals surface area contributed by atoms with E-state index >= 15 is 0 Å². The SMILES string of the molecule is O=C(NC1CCCCCCC1)c1ccc(CN2C(=O)CCC2=O)cc1. The summed E-state index contributed by atoms with van der Waals surface area (Å²) in [6.07, 6.45) is 8.92. The largest absolute Gasteiger partial charge is 0.349 e. The number of carbonyl (C=O) groups is 3. The minimum Gasteiger partial charge on any atom is -0.349 e. The van der Waals surface area contributed by atoms with Gasteiger partial charge in [0.2, 0.25) is 11.8 Å². The standard InChI is InChI=1S/C20H26N2O3/c23-18-12-13-19(24)22(18)14-15-8-10-16(11-9-15)20(25)21-17-6-4-2-1-3-5-7-17/h8-11,17H,1-7,12-14H2,(H,21,25). The van der Waals surface area contributed by atoms with Crippen LogP contribution in [0.4, 0.5) is 0 Å². The highest BCUT2D eigenvalue weighted by Gasteiger charge is 2.28. The van der Waals surface area contributed by atoms with Crippen molar-refractivity contribution in [3.05, 3.63) is 35.4 Å². The van der Waals surface area contributed by atoms with Gasteiger partial charge in [0, 0.05) is 24.4 Å². The van der Waals surface area contributed by atoms with Gasteiger partial charge in [-0.3, -0.25) is 19.3 Å². The first kappa shape index (κ1) is 17.6. The van der Waals surface area contributed by atoms with Gasteiger partial charge in [0.05, 0.1) is 6.54 Å². The van der Waals surface area contributed by atoms with Crippen LogP contribution >= 0.6 is 0 Å². The van der Waals surface area contributed by atoms with Crippen LogP contribution in [-0.2, 0) is 16.1 Å². The number of amides is 3. The predicted molar refractivity (Wildman–Crippen MR) is 94.8 cm³/mol. The van der Waals surface area contributed by atoms with E-state index in [0.29, 0.717) is 24.9 Å². The Bertz CT molecular complexity index is 615. The van der Waals surface area contributed by atoms with Crippen molar-refractivity contribution in [3.63, 3.8) is 0 Å². The number of rotatable bonds is 4. The fourth-order valence-corrected chi connectivity index (χ4v) is 3.61. The number of nitrogens with one attached hydrogen (secondary N) is 1. The molecule has 0 spiro atoms. The van der Waals surface area contributed by atoms with Gasteiger partial charge >= 0.3 is 0 Å². The fourth-order valence-electron chi connectivity index (χ4n) is 3.61. The molecule has 2 aliphatic rings. The molecule has 1 aliphatic heterocycles. The van der Waals surface area contributed by atoms with Crippen LogP contribution in [0.3, 0.4) is 0 Å². The lowest BCUT2D eigenvalue weighted by molar-refractivity contribution is -0.139. The molecule has 3 rings (SSSR count). The Balaban J connectivity index is 1.56. The van der Waals surface area contributed by atoms with Crippen molar-refractivity contribution in [1.82, 2.24) is 10.2 Å². The number of likely N-dealkylation sites (tertiary alicyclic amines) is 1. The Hall–Kier alpha value is -2.17. The van der Waals surface area contributed by atoms with Crippen LogP contribution in [0.5, 0.6) is 0 Å². The number of hydrogen-bond donors (Lipinski definition) is 1. The molecule has 2 fully saturated rings. The molecule has 1 aromatic rings. The zero-order chi connectivity index (χ0) is 17.6. The minimum absolute atomic E-state index is 0.0366. The van der Waals surface area contributed by atoms with E-state index < -0.39 is 0 Å². The van der Waals surface area contributed by atoms with E-state index in [0.717, 1.165) is 18.4 Å². The van der Waals surface area contributed by atoms with Crippen LogP contribution in [0, 0.1) is 0 Å². The highest BCUT2D eigenvalue weighted by atomic mass is 16.2. The molecule has 134 valence electrons. The maximum absolute atomic E-state index is 12.4. The molecule has 5 nitrogen and oxygen atoms in total. The van der Waals surface area contributed by atoms with Crippen LogP contribution in [-0.4, -0.2) is 28.7 Å². The summed E-state index contributed by atoms with van der Waals surface area (Å²) in [5, 5.41) is 3.15. The second-order valence-corrected chi connectivity index (χ2v) is 7.09. The number of carbonyl (C=O) groups excluding carboxylic acids is 3. The maximum atomic E-state index is 12.4. The van der Waals surface area contributed by atoms with Crippen molar-refractivity contribution in [2.24, 2.45) is 0 Å². The summed E-state index contributed by atoms with van der Waals surface area (Å²) in [4.78, 5) is 37.1. The summed E-state index contributed by atoms with van der Waals surface area (Å²) in [7, 11) is 0. The third-order valence-corrected chi connectivity index (χ3v) is 5.15. The lowest BCUT2D eigenvalue weighted by Crippen LogP contribution is -2.35. The van der Waals surface area contributed by atoms with Gasteiger partial charge in [-0.05, 0) is 30.5 Å². The molecule has 1 N–H and O–H groups in total. The van der Waals surface area contributed by atoms with E-state index in [1.54, 1.807) is 12.1 Å². The summed E-state index contributed by atoms with van der Waals surface area (Å²) in [6, 6.07) is 7.47. The first-order valence-corrected chi connectivity index (χ1v) is 9.36. The monoisotopic (exact) mass is 342 g/mol. The van der Waals surface area contributed by atoms with Crippen LogP contribution in [0.2, 0.25) is 0 Å². The van der Waals surface area contributed by atoms with Gasteiger partial charge in [-0.1, -0.05) is 44.2 Å². The van der Waals surface area contributed by atoms with E-state index in [1.165, 1.54) is 37.0 Å². The molecule has 25 heavy (non-hydrogen) atoms. The average molecular weight is 342 g/mol. The highest BCUT2D eigenvalue weighted by Crippen LogP contribution is 2.18. The van der Waals surface area contributed by atoms with Crippen molar-refractivity contribution in [3.8, 4) is 0 Å². The Morgan fingerprint density at radius 3 is 2.08 bits per heavy atom. The molecule has 1 heterocycles. The van der Waals surface area contributed by atoms with Gasteiger partial charge in [0.25, 0.3) is 5.91 Å². The molecule has 1 saturated carbocycles. The molecular formula is C20H26N2O3. The molecular weight excluding hydrogens is 316 g/mol. The zero-order valence-corrected chi connectivity index (χ0v) is 14.6. The van der Waals surface area contributed by atoms with Crippen LogP contribution in [0.15, 0.2) is 24.3 Å². The normalized spacial score (nSPS) is 19.6. The highest BCUT2D eigenvalue weighted by molar-refractivity contribution is 6.01. The van der Waals surface area contributed by atoms with Crippen LogP contribution in [0.1, 0.15) is 73.7 Å². The van der Waals surface area contributed by atoms with Gasteiger partial charge in [0.1, 0.15) is 0 Å². The van der Waals surface area contributed by atoms with Crippen molar-refractivity contribution in [1.29, 1.82) is 0 Å². The lowest BCUT2D eigenvalue weighted by Gasteiger charge is -2.21. The van der Waals surface area contributed by atoms with E-state index in [1.807, 2.05) is 12.1 Å². The molecule has 3 amide bonds. The molecule has 1 aromatic carbocycles. The second kappa shape index (κ2) is 8.28. The Morgan fingerprint density at radius 1 is 0.920 bits per heavy atom. The molecule has 0 aromatic heterocycles. The van der Waals surface area contributed by atoms with Gasteiger partial charge < -0.3 is 5.32 Å². The first-order valence-electron chi connectivity index (χ1n) is 9.36. The van der Waals surface area contributed by atoms with Crippen molar-refractivity contribution < 1.29 is 14.4 Å². The van der Waals surface area contributed by atoms with Crippen LogP contribution < -0.4 is 5.32 Å². The Morgan fingerprint density at radius 2 is 1.48 bits per heavy atom. The van der Waals surface area contributed by atoms with E-state index in [2.05, 4.69) is 5.32 Å². The predicted octanol–water partition coefficient (Wildman–Crippen LogP) is 3.18. The first-order chi connectivity index (χ1) is 12.1. The van der Waals surface area contributed by atoms with Gasteiger partial charge in [0.15, 0.2) is 0 Å². The molecule has 0 bridgehead atoms. The molecule has 1 saturated heterocycles. The van der Waals surface area contributed by atoms with Gasteiger partial charge in [-0.2, -0.15) is 0 Å². The number of imide groups is 1. The second-order valence-electron chi connectivity index (χ2n) is 7.09. The molecule has 0 atom stereocenters. The van der Waals surface area contributed by atoms with Crippen molar-refractivity contribution in [2.45, 2.75) is 70.4 Å². The third-order valence-electron chi connectivity index (χ3n) is 5.15. The Kier molecular flexibility index (Phi) is 5.84. The summed E-state index contributed by atoms with van der Waals surface area (Å²) >= 11 is 0. The summed E-state index contributed by atoms with van der Waals surface area (Å²) in [6.45, 7) is 0.294. The molecule has 1 aliphatic carbocycles. The maximum Gasteiger partial charge on any atom is 0.251 e. The summed E-state index contributed by atoms with van der Waals surface area (Å²) in [5.41, 5.74) is 1.50. The van der Waals surface area contributed by atoms with Crippen molar-refractivity contribution in [2.75, 3.05) is 0 Å². The molecule has 0 unspecified atom stereocenters. The smallest absolute Gasteiger partial charge is 0.251 e. The Labute approximate surface area is 148 Å². The number of hydrogen-bond acceptors (Lipinski definition) is 3. The van der Waals surface area contributed by atoms with E-state index in [-0.39, 0.29) is 23.8 Å². The topological polar surface area (TPSA) is 66.5 Å². The van der Waals surface area contributed by atoms with Crippen molar-refractivity contribution >= 4 is 17.7 Å². The fraction of sp³-hybridized carbons (Fsp3) is 0.550. The average Bonchev–Trinajstić information content (AvgIpc) is 2.90. The minimum atomic E-state index is -0.115. The van der Waals surface area contributed by atoms with E-state index in [9.17, 15) is 14.4 Å². The van der Waals surface area contributed by atoms with E-state index in [4.69, 9.17) is 0 Å². The third kappa shape index (κ3) is 4.68. The lowest BCUT2D eigenvalue weighted by atomic mass is 9.96. The number of nitrogens with zero attached hydrogens (tertiary/aromatic N) is 1. The summed E-state index contributed by atoms with van der Waals surface area (Å²) < 4.78 is 0. The molecule has 5 heteroatoms. The molecule has 0 radical (unpaired) electrons. The van der Waals surface area contributed by atoms with Gasteiger partial charge in [-0.25, -0.2) is 0 Å². The van der Waals surface area contributed by atoms with Crippen LogP contribution in [0.25, 0.3) is 0 Å². The van der Waals surface area contributed by atoms with Gasteiger partial charge in [-0.15, -0.1) is 0 Å². The zero-order valence-electron chi connectivity index (χ0n) is 14.6. The summed E-state index contributed by atoms with van der Waals surface area (Å²) in [5.74, 6) is -0.266.